The van der Waals surface area contributed by atoms with Crippen molar-refractivity contribution in [1.82, 2.24) is 9.55 Å². The first kappa shape index (κ1) is 9.71. The number of imidazole rings is 1. The smallest absolute Gasteiger partial charge is 0.108 e. The van der Waals surface area contributed by atoms with E-state index in [0.29, 0.717) is 5.92 Å². The van der Waals surface area contributed by atoms with Crippen LogP contribution in [0, 0.1) is 5.92 Å². The lowest BCUT2D eigenvalue weighted by atomic mass is 9.84. The maximum atomic E-state index is 9.82. The molecule has 2 atom stereocenters. The number of aliphatic hydroxyl groups excluding tert-OH is 1. The van der Waals surface area contributed by atoms with Gasteiger partial charge in [-0.05, 0) is 18.8 Å². The summed E-state index contributed by atoms with van der Waals surface area (Å²) in [4.78, 5) is 4.30. The molecule has 1 aromatic heterocycles. The highest BCUT2D eigenvalue weighted by molar-refractivity contribution is 4.94. The van der Waals surface area contributed by atoms with Crippen molar-refractivity contribution in [3.63, 3.8) is 0 Å². The number of aryl methyl sites for hydroxylation is 1. The summed E-state index contributed by atoms with van der Waals surface area (Å²) >= 11 is 0. The predicted molar refractivity (Wildman–Crippen MR) is 54.9 cm³/mol. The van der Waals surface area contributed by atoms with Gasteiger partial charge in [-0.15, -0.1) is 0 Å². The van der Waals surface area contributed by atoms with Gasteiger partial charge in [-0.25, -0.2) is 4.98 Å². The van der Waals surface area contributed by atoms with Gasteiger partial charge >= 0.3 is 0 Å². The molecule has 1 fully saturated rings. The van der Waals surface area contributed by atoms with Crippen molar-refractivity contribution in [1.29, 1.82) is 0 Å². The molecule has 0 radical (unpaired) electrons. The molecule has 3 nitrogen and oxygen atoms in total. The van der Waals surface area contributed by atoms with Crippen LogP contribution >= 0.6 is 0 Å². The Labute approximate surface area is 84.8 Å². The van der Waals surface area contributed by atoms with E-state index < -0.39 is 0 Å². The second-order valence-electron chi connectivity index (χ2n) is 4.27. The molecule has 0 bridgehead atoms. The molecule has 1 aromatic rings. The molecule has 0 aliphatic heterocycles. The maximum Gasteiger partial charge on any atom is 0.108 e. The summed E-state index contributed by atoms with van der Waals surface area (Å²) < 4.78 is 2.04. The van der Waals surface area contributed by atoms with Gasteiger partial charge in [0.25, 0.3) is 0 Å². The standard InChI is InChI=1S/C11H18N2O/c1-13-7-6-12-11(13)8-9-4-2-3-5-10(9)14/h6-7,9-10,14H,2-5,8H2,1H3. The number of hydrogen-bond donors (Lipinski definition) is 1. The van der Waals surface area contributed by atoms with E-state index in [4.69, 9.17) is 0 Å². The van der Waals surface area contributed by atoms with Gasteiger partial charge < -0.3 is 9.67 Å². The zero-order valence-corrected chi connectivity index (χ0v) is 8.69. The summed E-state index contributed by atoms with van der Waals surface area (Å²) in [6.45, 7) is 0. The lowest BCUT2D eigenvalue weighted by Gasteiger charge is -2.27. The first-order valence-electron chi connectivity index (χ1n) is 5.41. The maximum absolute atomic E-state index is 9.82. The van der Waals surface area contributed by atoms with Crippen molar-refractivity contribution in [3.05, 3.63) is 18.2 Å². The van der Waals surface area contributed by atoms with Crippen LogP contribution in [-0.2, 0) is 13.5 Å². The van der Waals surface area contributed by atoms with Crippen LogP contribution in [0.25, 0.3) is 0 Å². The Morgan fingerprint density at radius 3 is 2.93 bits per heavy atom. The molecular weight excluding hydrogens is 176 g/mol. The average molecular weight is 194 g/mol. The number of rotatable bonds is 2. The summed E-state index contributed by atoms with van der Waals surface area (Å²) in [5, 5.41) is 9.82. The lowest BCUT2D eigenvalue weighted by Crippen LogP contribution is -2.27. The Hall–Kier alpha value is -0.830. The van der Waals surface area contributed by atoms with Crippen LogP contribution in [0.4, 0.5) is 0 Å². The Morgan fingerprint density at radius 1 is 1.50 bits per heavy atom. The second kappa shape index (κ2) is 4.13. The van der Waals surface area contributed by atoms with E-state index in [-0.39, 0.29) is 6.10 Å². The highest BCUT2D eigenvalue weighted by Gasteiger charge is 2.24. The summed E-state index contributed by atoms with van der Waals surface area (Å²) in [7, 11) is 2.01. The first-order chi connectivity index (χ1) is 6.77. The molecule has 0 amide bonds. The topological polar surface area (TPSA) is 38.0 Å². The zero-order valence-electron chi connectivity index (χ0n) is 8.69. The lowest BCUT2D eigenvalue weighted by molar-refractivity contribution is 0.0687. The molecule has 0 saturated heterocycles. The zero-order chi connectivity index (χ0) is 9.97. The van der Waals surface area contributed by atoms with Gasteiger partial charge in [-0.1, -0.05) is 12.8 Å². The van der Waals surface area contributed by atoms with E-state index in [1.165, 1.54) is 12.8 Å². The Kier molecular flexibility index (Phi) is 2.87. The van der Waals surface area contributed by atoms with E-state index in [1.54, 1.807) is 0 Å². The molecule has 0 spiro atoms. The van der Waals surface area contributed by atoms with Gasteiger partial charge in [0.1, 0.15) is 5.82 Å². The van der Waals surface area contributed by atoms with Crippen LogP contribution in [0.5, 0.6) is 0 Å². The van der Waals surface area contributed by atoms with Gasteiger partial charge in [0.05, 0.1) is 6.10 Å². The third kappa shape index (κ3) is 1.98. The Balaban J connectivity index is 1.99. The van der Waals surface area contributed by atoms with Crippen molar-refractivity contribution in [2.75, 3.05) is 0 Å². The minimum atomic E-state index is -0.111. The van der Waals surface area contributed by atoms with Gasteiger partial charge in [0, 0.05) is 25.9 Å². The molecule has 3 heteroatoms. The van der Waals surface area contributed by atoms with Crippen molar-refractivity contribution < 1.29 is 5.11 Å². The normalized spacial score (nSPS) is 27.9. The van der Waals surface area contributed by atoms with Gasteiger partial charge in [0.2, 0.25) is 0 Å². The predicted octanol–water partition coefficient (Wildman–Crippen LogP) is 1.51. The average Bonchev–Trinajstić information content (AvgIpc) is 2.56. The molecule has 78 valence electrons. The highest BCUT2D eigenvalue weighted by Crippen LogP contribution is 2.26. The van der Waals surface area contributed by atoms with Gasteiger partial charge in [0.15, 0.2) is 0 Å². The van der Waals surface area contributed by atoms with Crippen LogP contribution in [0.2, 0.25) is 0 Å². The summed E-state index contributed by atoms with van der Waals surface area (Å²) in [6.07, 6.45) is 9.15. The molecule has 14 heavy (non-hydrogen) atoms. The number of nitrogens with zero attached hydrogens (tertiary/aromatic N) is 2. The molecule has 2 rings (SSSR count). The van der Waals surface area contributed by atoms with Crippen molar-refractivity contribution in [2.24, 2.45) is 13.0 Å². The van der Waals surface area contributed by atoms with Crippen molar-refractivity contribution in [2.45, 2.75) is 38.2 Å². The molecule has 1 aliphatic carbocycles. The number of hydrogen-bond acceptors (Lipinski definition) is 2. The third-order valence-electron chi connectivity index (χ3n) is 3.23. The molecular formula is C11H18N2O. The fraction of sp³-hybridized carbons (Fsp3) is 0.727. The molecule has 2 unspecified atom stereocenters. The number of aromatic nitrogens is 2. The Morgan fingerprint density at radius 2 is 2.29 bits per heavy atom. The quantitative estimate of drug-likeness (QED) is 0.775. The highest BCUT2D eigenvalue weighted by atomic mass is 16.3. The van der Waals surface area contributed by atoms with Crippen LogP contribution in [0.3, 0.4) is 0 Å². The Bertz CT molecular complexity index is 295. The van der Waals surface area contributed by atoms with E-state index in [9.17, 15) is 5.11 Å². The fourth-order valence-electron chi connectivity index (χ4n) is 2.25. The summed E-state index contributed by atoms with van der Waals surface area (Å²) in [6, 6.07) is 0. The fourth-order valence-corrected chi connectivity index (χ4v) is 2.25. The molecule has 1 N–H and O–H groups in total. The van der Waals surface area contributed by atoms with Crippen LogP contribution in [0.15, 0.2) is 12.4 Å². The minimum Gasteiger partial charge on any atom is -0.393 e. The SMILES string of the molecule is Cn1ccnc1CC1CCCCC1O. The minimum absolute atomic E-state index is 0.111. The van der Waals surface area contributed by atoms with E-state index in [0.717, 1.165) is 25.1 Å². The van der Waals surface area contributed by atoms with E-state index >= 15 is 0 Å². The second-order valence-corrected chi connectivity index (χ2v) is 4.27. The monoisotopic (exact) mass is 194 g/mol. The third-order valence-corrected chi connectivity index (χ3v) is 3.23. The van der Waals surface area contributed by atoms with Gasteiger partial charge in [-0.2, -0.15) is 0 Å². The number of aliphatic hydroxyl groups is 1. The van der Waals surface area contributed by atoms with Crippen molar-refractivity contribution >= 4 is 0 Å². The molecule has 1 heterocycles. The van der Waals surface area contributed by atoms with E-state index in [1.807, 2.05) is 24.0 Å². The van der Waals surface area contributed by atoms with Gasteiger partial charge in [-0.3, -0.25) is 0 Å². The van der Waals surface area contributed by atoms with Crippen LogP contribution in [-0.4, -0.2) is 20.8 Å². The van der Waals surface area contributed by atoms with Crippen LogP contribution in [0.1, 0.15) is 31.5 Å². The molecule has 0 aromatic carbocycles. The summed E-state index contributed by atoms with van der Waals surface area (Å²) in [5.74, 6) is 1.51. The first-order valence-corrected chi connectivity index (χ1v) is 5.41. The largest absolute Gasteiger partial charge is 0.393 e. The van der Waals surface area contributed by atoms with E-state index in [2.05, 4.69) is 4.98 Å². The summed E-state index contributed by atoms with van der Waals surface area (Å²) in [5.41, 5.74) is 0. The van der Waals surface area contributed by atoms with Crippen molar-refractivity contribution in [3.8, 4) is 0 Å². The molecule has 1 aliphatic rings. The molecule has 1 saturated carbocycles. The van der Waals surface area contributed by atoms with Crippen LogP contribution < -0.4 is 0 Å².